The molecule has 0 saturated carbocycles. The van der Waals surface area contributed by atoms with E-state index in [2.05, 4.69) is 62.9 Å². The number of para-hydroxylation sites is 1. The highest BCUT2D eigenvalue weighted by molar-refractivity contribution is 5.94. The number of allylic oxidation sites excluding steroid dienone is 1. The Kier molecular flexibility index (Phi) is 5.37. The molecule has 1 heterocycles. The van der Waals surface area contributed by atoms with Gasteiger partial charge in [0.25, 0.3) is 0 Å². The van der Waals surface area contributed by atoms with Crippen LogP contribution in [-0.4, -0.2) is 5.91 Å². The second-order valence-corrected chi connectivity index (χ2v) is 7.19. The standard InChI is InChI=1S/C23H27NO/c1-17(2)18(3)12-15-23(25)24-16-21-10-5-4-8-19(21)13-14-20-9-6-7-11-22(20)24/h4-11,17H,3,12-16H2,1-2H3. The summed E-state index contributed by atoms with van der Waals surface area (Å²) < 4.78 is 0. The third-order valence-corrected chi connectivity index (χ3v) is 5.17. The first kappa shape index (κ1) is 17.5. The fourth-order valence-electron chi connectivity index (χ4n) is 3.38. The fourth-order valence-corrected chi connectivity index (χ4v) is 3.38. The van der Waals surface area contributed by atoms with E-state index >= 15 is 0 Å². The molecule has 0 bridgehead atoms. The summed E-state index contributed by atoms with van der Waals surface area (Å²) in [6, 6.07) is 16.8. The Bertz CT molecular complexity index is 775. The van der Waals surface area contributed by atoms with E-state index in [0.29, 0.717) is 18.9 Å². The van der Waals surface area contributed by atoms with E-state index < -0.39 is 0 Å². The van der Waals surface area contributed by atoms with Gasteiger partial charge in [0.2, 0.25) is 5.91 Å². The first-order valence-corrected chi connectivity index (χ1v) is 9.19. The highest BCUT2D eigenvalue weighted by Crippen LogP contribution is 2.29. The molecule has 3 rings (SSSR count). The van der Waals surface area contributed by atoms with Crippen LogP contribution in [0.4, 0.5) is 5.69 Å². The molecule has 0 unspecified atom stereocenters. The van der Waals surface area contributed by atoms with Crippen molar-refractivity contribution in [3.05, 3.63) is 77.4 Å². The van der Waals surface area contributed by atoms with Crippen LogP contribution < -0.4 is 4.90 Å². The molecule has 2 heteroatoms. The van der Waals surface area contributed by atoms with Crippen LogP contribution in [0.1, 0.15) is 43.4 Å². The lowest BCUT2D eigenvalue weighted by atomic mass is 9.95. The fraction of sp³-hybridized carbons (Fsp3) is 0.348. The predicted octanol–water partition coefficient (Wildman–Crippen LogP) is 5.31. The summed E-state index contributed by atoms with van der Waals surface area (Å²) in [7, 11) is 0. The zero-order valence-corrected chi connectivity index (χ0v) is 15.3. The number of fused-ring (bicyclic) bond motifs is 2. The van der Waals surface area contributed by atoms with Crippen LogP contribution in [0.3, 0.4) is 0 Å². The maximum atomic E-state index is 13.0. The van der Waals surface area contributed by atoms with Crippen LogP contribution in [0.5, 0.6) is 0 Å². The Morgan fingerprint density at radius 3 is 2.28 bits per heavy atom. The molecule has 0 atom stereocenters. The molecule has 25 heavy (non-hydrogen) atoms. The molecule has 1 amide bonds. The van der Waals surface area contributed by atoms with E-state index in [0.717, 1.165) is 30.5 Å². The number of aryl methyl sites for hydroxylation is 2. The molecule has 2 aromatic rings. The Labute approximate surface area is 151 Å². The van der Waals surface area contributed by atoms with Crippen molar-refractivity contribution >= 4 is 11.6 Å². The van der Waals surface area contributed by atoms with E-state index in [9.17, 15) is 4.79 Å². The Morgan fingerprint density at radius 2 is 1.56 bits per heavy atom. The van der Waals surface area contributed by atoms with Crippen LogP contribution in [0.25, 0.3) is 0 Å². The van der Waals surface area contributed by atoms with Crippen LogP contribution in [0, 0.1) is 5.92 Å². The predicted molar refractivity (Wildman–Crippen MR) is 105 cm³/mol. The molecule has 1 aliphatic rings. The van der Waals surface area contributed by atoms with Crippen molar-refractivity contribution in [1.82, 2.24) is 0 Å². The number of benzene rings is 2. The van der Waals surface area contributed by atoms with E-state index in [1.165, 1.54) is 16.7 Å². The highest BCUT2D eigenvalue weighted by Gasteiger charge is 2.22. The van der Waals surface area contributed by atoms with Gasteiger partial charge in [-0.1, -0.05) is 68.5 Å². The van der Waals surface area contributed by atoms with Crippen molar-refractivity contribution in [2.24, 2.45) is 5.92 Å². The monoisotopic (exact) mass is 333 g/mol. The molecule has 0 spiro atoms. The van der Waals surface area contributed by atoms with Crippen LogP contribution >= 0.6 is 0 Å². The minimum atomic E-state index is 0.186. The van der Waals surface area contributed by atoms with E-state index in [1.54, 1.807) is 0 Å². The van der Waals surface area contributed by atoms with Gasteiger partial charge in [0, 0.05) is 12.1 Å². The van der Waals surface area contributed by atoms with Crippen molar-refractivity contribution in [3.63, 3.8) is 0 Å². The maximum absolute atomic E-state index is 13.0. The lowest BCUT2D eigenvalue weighted by Crippen LogP contribution is -2.32. The van der Waals surface area contributed by atoms with Crippen LogP contribution in [0.15, 0.2) is 60.7 Å². The Balaban J connectivity index is 1.89. The number of nitrogens with zero attached hydrogens (tertiary/aromatic N) is 1. The minimum absolute atomic E-state index is 0.186. The highest BCUT2D eigenvalue weighted by atomic mass is 16.2. The first-order chi connectivity index (χ1) is 12.1. The van der Waals surface area contributed by atoms with Gasteiger partial charge >= 0.3 is 0 Å². The number of hydrogen-bond donors (Lipinski definition) is 0. The lowest BCUT2D eigenvalue weighted by molar-refractivity contribution is -0.118. The van der Waals surface area contributed by atoms with Crippen LogP contribution in [-0.2, 0) is 24.2 Å². The molecule has 0 aromatic heterocycles. The number of anilines is 1. The Hall–Kier alpha value is -2.35. The minimum Gasteiger partial charge on any atom is -0.308 e. The quantitative estimate of drug-likeness (QED) is 0.694. The molecule has 0 aliphatic carbocycles. The average Bonchev–Trinajstić information content (AvgIpc) is 2.61. The zero-order chi connectivity index (χ0) is 17.8. The molecule has 0 N–H and O–H groups in total. The normalized spacial score (nSPS) is 13.6. The number of hydrogen-bond acceptors (Lipinski definition) is 1. The summed E-state index contributed by atoms with van der Waals surface area (Å²) in [5.41, 5.74) is 6.08. The molecular formula is C23H27NO. The van der Waals surface area contributed by atoms with Gasteiger partial charge in [-0.05, 0) is 47.9 Å². The van der Waals surface area contributed by atoms with E-state index in [4.69, 9.17) is 0 Å². The van der Waals surface area contributed by atoms with Crippen molar-refractivity contribution in [1.29, 1.82) is 0 Å². The van der Waals surface area contributed by atoms with Crippen molar-refractivity contribution < 1.29 is 4.79 Å². The van der Waals surface area contributed by atoms with Crippen molar-refractivity contribution in [2.45, 2.75) is 46.1 Å². The Morgan fingerprint density at radius 1 is 0.960 bits per heavy atom. The van der Waals surface area contributed by atoms with Crippen LogP contribution in [0.2, 0.25) is 0 Å². The van der Waals surface area contributed by atoms with E-state index in [-0.39, 0.29) is 5.91 Å². The maximum Gasteiger partial charge on any atom is 0.227 e. The van der Waals surface area contributed by atoms with E-state index in [1.807, 2.05) is 11.0 Å². The third-order valence-electron chi connectivity index (χ3n) is 5.17. The lowest BCUT2D eigenvalue weighted by Gasteiger charge is -2.29. The smallest absolute Gasteiger partial charge is 0.227 e. The topological polar surface area (TPSA) is 20.3 Å². The summed E-state index contributed by atoms with van der Waals surface area (Å²) in [6.45, 7) is 9.03. The second-order valence-electron chi connectivity index (χ2n) is 7.19. The molecule has 130 valence electrons. The van der Waals surface area contributed by atoms with Gasteiger partial charge in [0.15, 0.2) is 0 Å². The molecule has 2 nitrogen and oxygen atoms in total. The summed E-state index contributed by atoms with van der Waals surface area (Å²) in [4.78, 5) is 15.0. The number of amides is 1. The van der Waals surface area contributed by atoms with Gasteiger partial charge in [-0.3, -0.25) is 4.79 Å². The molecular weight excluding hydrogens is 306 g/mol. The van der Waals surface area contributed by atoms with Gasteiger partial charge in [0.1, 0.15) is 0 Å². The average molecular weight is 333 g/mol. The van der Waals surface area contributed by atoms with Gasteiger partial charge < -0.3 is 4.90 Å². The van der Waals surface area contributed by atoms with Gasteiger partial charge in [-0.15, -0.1) is 0 Å². The number of carbonyl (C=O) groups excluding carboxylic acids is 1. The second kappa shape index (κ2) is 7.69. The number of carbonyl (C=O) groups is 1. The largest absolute Gasteiger partial charge is 0.308 e. The van der Waals surface area contributed by atoms with Gasteiger partial charge in [-0.25, -0.2) is 0 Å². The summed E-state index contributed by atoms with van der Waals surface area (Å²) in [5.74, 6) is 0.610. The first-order valence-electron chi connectivity index (χ1n) is 9.19. The molecule has 2 aromatic carbocycles. The SMILES string of the molecule is C=C(CCC(=O)N1Cc2ccccc2CCc2ccccc21)C(C)C. The molecule has 0 saturated heterocycles. The molecule has 1 aliphatic heterocycles. The van der Waals surface area contributed by atoms with Gasteiger partial charge in [-0.2, -0.15) is 0 Å². The zero-order valence-electron chi connectivity index (χ0n) is 15.3. The molecule has 0 fully saturated rings. The van der Waals surface area contributed by atoms with Crippen molar-refractivity contribution in [3.8, 4) is 0 Å². The third kappa shape index (κ3) is 4.01. The summed E-state index contributed by atoms with van der Waals surface area (Å²) in [5, 5.41) is 0. The van der Waals surface area contributed by atoms with Gasteiger partial charge in [0.05, 0.1) is 6.54 Å². The summed E-state index contributed by atoms with van der Waals surface area (Å²) in [6.07, 6.45) is 3.28. The molecule has 0 radical (unpaired) electrons. The van der Waals surface area contributed by atoms with Crippen molar-refractivity contribution in [2.75, 3.05) is 4.90 Å². The summed E-state index contributed by atoms with van der Waals surface area (Å²) >= 11 is 0. The number of rotatable bonds is 4.